The number of amides is 2. The Hall–Kier alpha value is -2.13. The Balaban J connectivity index is 1.32. The van der Waals surface area contributed by atoms with Crippen molar-refractivity contribution in [1.29, 1.82) is 0 Å². The van der Waals surface area contributed by atoms with Gasteiger partial charge in [0.05, 0.1) is 12.2 Å². The molecular formula is C28H41FN4O3S. The van der Waals surface area contributed by atoms with E-state index < -0.39 is 0 Å². The van der Waals surface area contributed by atoms with Gasteiger partial charge in [-0.3, -0.25) is 14.4 Å². The molecule has 7 nitrogen and oxygen atoms in total. The number of likely N-dealkylation sites (tertiary alicyclic amines) is 1. The molecule has 0 radical (unpaired) electrons. The Kier molecular flexibility index (Phi) is 8.84. The lowest BCUT2D eigenvalue weighted by Crippen LogP contribution is -2.53. The van der Waals surface area contributed by atoms with Crippen LogP contribution in [-0.2, 0) is 9.59 Å². The molecule has 3 N–H and O–H groups in total. The lowest BCUT2D eigenvalue weighted by molar-refractivity contribution is -0.145. The zero-order valence-electron chi connectivity index (χ0n) is 22.1. The SMILES string of the molecule is Cc1cc(F)c(N2CCC3(CC2)CC(C(=O)N2CCC(S)CC2)C3)cc1C(=O)NC(C)CCC(=O)CN. The number of carbonyl (C=O) groups is 3. The van der Waals surface area contributed by atoms with E-state index in [1.54, 1.807) is 13.0 Å². The molecule has 1 aromatic rings. The number of piperidine rings is 2. The fourth-order valence-corrected chi connectivity index (χ4v) is 6.37. The van der Waals surface area contributed by atoms with Crippen LogP contribution in [0.25, 0.3) is 0 Å². The number of carbonyl (C=O) groups excluding carboxylic acids is 3. The largest absolute Gasteiger partial charge is 0.369 e. The molecule has 37 heavy (non-hydrogen) atoms. The summed E-state index contributed by atoms with van der Waals surface area (Å²) in [5.74, 6) is -0.195. The fourth-order valence-electron chi connectivity index (χ4n) is 6.14. The van der Waals surface area contributed by atoms with Crippen LogP contribution in [0.5, 0.6) is 0 Å². The Bertz CT molecular complexity index is 1010. The molecule has 0 bridgehead atoms. The van der Waals surface area contributed by atoms with Gasteiger partial charge in [-0.15, -0.1) is 0 Å². The number of rotatable bonds is 8. The van der Waals surface area contributed by atoms with E-state index in [1.165, 1.54) is 6.07 Å². The highest BCUT2D eigenvalue weighted by Crippen LogP contribution is 2.53. The standard InChI is InChI=1S/C28H41FN4O3S/c1-18-13-24(29)25(14-23(18)26(35)31-19(2)3-4-21(34)17-30)32-11-7-28(8-12-32)15-20(16-28)27(36)33-9-5-22(37)6-10-33/h13-14,19-20,22,37H,3-12,15-17,30H2,1-2H3,(H,31,35). The summed E-state index contributed by atoms with van der Waals surface area (Å²) in [6, 6.07) is 2.90. The van der Waals surface area contributed by atoms with Crippen molar-refractivity contribution in [2.24, 2.45) is 17.1 Å². The maximum atomic E-state index is 15.0. The third-order valence-electron chi connectivity index (χ3n) is 8.65. The van der Waals surface area contributed by atoms with Crippen LogP contribution in [-0.4, -0.2) is 66.5 Å². The number of halogens is 1. The predicted octanol–water partition coefficient (Wildman–Crippen LogP) is 3.48. The summed E-state index contributed by atoms with van der Waals surface area (Å²) in [5.41, 5.74) is 7.03. The van der Waals surface area contributed by atoms with Gasteiger partial charge in [-0.25, -0.2) is 4.39 Å². The second-order valence-corrected chi connectivity index (χ2v) is 12.2. The van der Waals surface area contributed by atoms with E-state index in [4.69, 9.17) is 5.73 Å². The van der Waals surface area contributed by atoms with Crippen LogP contribution in [0.1, 0.15) is 74.2 Å². The number of nitrogens with zero attached hydrogens (tertiary/aromatic N) is 2. The first kappa shape index (κ1) is 27.9. The molecular weight excluding hydrogens is 491 g/mol. The maximum absolute atomic E-state index is 15.0. The van der Waals surface area contributed by atoms with Crippen LogP contribution < -0.4 is 16.0 Å². The molecule has 1 aliphatic carbocycles. The number of benzene rings is 1. The van der Waals surface area contributed by atoms with E-state index in [2.05, 4.69) is 17.9 Å². The zero-order chi connectivity index (χ0) is 26.7. The van der Waals surface area contributed by atoms with Crippen LogP contribution in [0.2, 0.25) is 0 Å². The summed E-state index contributed by atoms with van der Waals surface area (Å²) in [7, 11) is 0. The number of hydrogen-bond donors (Lipinski definition) is 3. The first-order valence-electron chi connectivity index (χ1n) is 13.7. The molecule has 3 aliphatic rings. The summed E-state index contributed by atoms with van der Waals surface area (Å²) < 4.78 is 15.0. The molecule has 1 spiro atoms. The molecule has 1 atom stereocenters. The van der Waals surface area contributed by atoms with Gasteiger partial charge in [0.25, 0.3) is 5.91 Å². The third kappa shape index (κ3) is 6.48. The number of hydrogen-bond acceptors (Lipinski definition) is 6. The second-order valence-electron chi connectivity index (χ2n) is 11.4. The van der Waals surface area contributed by atoms with Crippen molar-refractivity contribution < 1.29 is 18.8 Å². The lowest BCUT2D eigenvalue weighted by atomic mass is 9.57. The quantitative estimate of drug-likeness (QED) is 0.446. The van der Waals surface area contributed by atoms with Crippen molar-refractivity contribution >= 4 is 35.9 Å². The Morgan fingerprint density at radius 1 is 1.16 bits per heavy atom. The Labute approximate surface area is 225 Å². The summed E-state index contributed by atoms with van der Waals surface area (Å²) in [6.07, 6.45) is 6.48. The minimum atomic E-state index is -0.319. The molecule has 4 rings (SSSR count). The van der Waals surface area contributed by atoms with E-state index in [-0.39, 0.29) is 41.4 Å². The normalized spacial score (nSPS) is 21.0. The van der Waals surface area contributed by atoms with E-state index in [1.807, 2.05) is 16.7 Å². The number of aryl methyl sites for hydroxylation is 1. The number of nitrogens with two attached hydrogens (primary N) is 1. The minimum absolute atomic E-state index is 0.00438. The van der Waals surface area contributed by atoms with Crippen LogP contribution in [0.15, 0.2) is 12.1 Å². The van der Waals surface area contributed by atoms with Gasteiger partial charge in [0.1, 0.15) is 11.6 Å². The summed E-state index contributed by atoms with van der Waals surface area (Å²) in [6.45, 7) is 6.65. The highest BCUT2D eigenvalue weighted by molar-refractivity contribution is 7.80. The molecule has 2 amide bonds. The molecule has 0 aromatic heterocycles. The number of thiol groups is 1. The third-order valence-corrected chi connectivity index (χ3v) is 9.17. The Morgan fingerprint density at radius 3 is 2.43 bits per heavy atom. The van der Waals surface area contributed by atoms with Crippen molar-refractivity contribution in [3.63, 3.8) is 0 Å². The van der Waals surface area contributed by atoms with Gasteiger partial charge in [0.2, 0.25) is 5.91 Å². The summed E-state index contributed by atoms with van der Waals surface area (Å²) in [4.78, 5) is 41.4. The fraction of sp³-hybridized carbons (Fsp3) is 0.679. The van der Waals surface area contributed by atoms with Gasteiger partial charge < -0.3 is 20.9 Å². The average Bonchev–Trinajstić information content (AvgIpc) is 2.86. The monoisotopic (exact) mass is 532 g/mol. The van der Waals surface area contributed by atoms with E-state index in [0.29, 0.717) is 53.9 Å². The van der Waals surface area contributed by atoms with Crippen LogP contribution in [0.3, 0.4) is 0 Å². The van der Waals surface area contributed by atoms with Crippen LogP contribution >= 0.6 is 12.6 Å². The van der Waals surface area contributed by atoms with Gasteiger partial charge in [0, 0.05) is 55.4 Å². The molecule has 1 unspecified atom stereocenters. The highest BCUT2D eigenvalue weighted by atomic mass is 32.1. The number of Topliss-reactive ketones (excluding diaryl/α,β-unsaturated/α-hetero) is 1. The van der Waals surface area contributed by atoms with Crippen molar-refractivity contribution in [2.45, 2.75) is 76.5 Å². The average molecular weight is 533 g/mol. The number of anilines is 1. The van der Waals surface area contributed by atoms with Gasteiger partial charge in [-0.05, 0) is 81.9 Å². The van der Waals surface area contributed by atoms with Gasteiger partial charge in [-0.2, -0.15) is 12.6 Å². The van der Waals surface area contributed by atoms with Gasteiger partial charge >= 0.3 is 0 Å². The molecule has 2 saturated heterocycles. The smallest absolute Gasteiger partial charge is 0.251 e. The highest BCUT2D eigenvalue weighted by Gasteiger charge is 2.49. The first-order chi connectivity index (χ1) is 17.6. The van der Waals surface area contributed by atoms with Crippen molar-refractivity contribution in [3.8, 4) is 0 Å². The minimum Gasteiger partial charge on any atom is -0.369 e. The molecule has 9 heteroatoms. The van der Waals surface area contributed by atoms with Gasteiger partial charge in [-0.1, -0.05) is 0 Å². The van der Waals surface area contributed by atoms with Crippen LogP contribution in [0, 0.1) is 24.1 Å². The molecule has 2 aliphatic heterocycles. The molecule has 3 fully saturated rings. The zero-order valence-corrected chi connectivity index (χ0v) is 23.0. The summed E-state index contributed by atoms with van der Waals surface area (Å²) >= 11 is 4.53. The van der Waals surface area contributed by atoms with E-state index in [9.17, 15) is 14.4 Å². The molecule has 1 saturated carbocycles. The first-order valence-corrected chi connectivity index (χ1v) is 14.2. The van der Waals surface area contributed by atoms with Gasteiger partial charge in [0.15, 0.2) is 0 Å². The Morgan fingerprint density at radius 2 is 1.81 bits per heavy atom. The molecule has 204 valence electrons. The topological polar surface area (TPSA) is 95.7 Å². The lowest BCUT2D eigenvalue weighted by Gasteiger charge is -2.53. The molecule has 1 aromatic carbocycles. The number of ketones is 1. The van der Waals surface area contributed by atoms with E-state index >= 15 is 4.39 Å². The molecule has 2 heterocycles. The number of nitrogens with one attached hydrogen (secondary N) is 1. The van der Waals surface area contributed by atoms with E-state index in [0.717, 1.165) is 51.6 Å². The van der Waals surface area contributed by atoms with Crippen molar-refractivity contribution in [2.75, 3.05) is 37.6 Å². The van der Waals surface area contributed by atoms with Crippen molar-refractivity contribution in [1.82, 2.24) is 10.2 Å². The predicted molar refractivity (Wildman–Crippen MR) is 147 cm³/mol. The summed E-state index contributed by atoms with van der Waals surface area (Å²) in [5, 5.41) is 3.34. The van der Waals surface area contributed by atoms with Crippen LogP contribution in [0.4, 0.5) is 10.1 Å². The maximum Gasteiger partial charge on any atom is 0.251 e. The second kappa shape index (κ2) is 11.7. The van der Waals surface area contributed by atoms with Crippen molar-refractivity contribution in [3.05, 3.63) is 29.1 Å².